The van der Waals surface area contributed by atoms with Crippen molar-refractivity contribution in [2.24, 2.45) is 14.1 Å². The molecule has 0 bridgehead atoms. The van der Waals surface area contributed by atoms with E-state index in [2.05, 4.69) is 26.1 Å². The fraction of sp³-hybridized carbons (Fsp3) is 0.615. The standard InChI is InChI=1S/C13H20N6O/c1-17-7-5-11(15-17)10-4-3-6-19(8-10)9-12-14-13(20)18(2)16-12/h5,7,10H,3-4,6,8-9H2,1-2H3,(H,14,16,20). The van der Waals surface area contributed by atoms with Crippen molar-refractivity contribution < 1.29 is 0 Å². The summed E-state index contributed by atoms with van der Waals surface area (Å²) < 4.78 is 3.19. The first-order valence-electron chi connectivity index (χ1n) is 6.96. The Morgan fingerprint density at radius 2 is 2.25 bits per heavy atom. The smallest absolute Gasteiger partial charge is 0.295 e. The van der Waals surface area contributed by atoms with Crippen LogP contribution in [0.15, 0.2) is 17.1 Å². The molecule has 7 nitrogen and oxygen atoms in total. The minimum atomic E-state index is -0.154. The fourth-order valence-corrected chi connectivity index (χ4v) is 2.83. The van der Waals surface area contributed by atoms with Crippen LogP contribution < -0.4 is 5.69 Å². The predicted octanol–water partition coefficient (Wildman–Crippen LogP) is 0.222. The highest BCUT2D eigenvalue weighted by molar-refractivity contribution is 5.08. The van der Waals surface area contributed by atoms with Gasteiger partial charge in [-0.1, -0.05) is 0 Å². The Balaban J connectivity index is 1.67. The fourth-order valence-electron chi connectivity index (χ4n) is 2.83. The van der Waals surface area contributed by atoms with E-state index in [0.717, 1.165) is 31.0 Å². The molecule has 0 aliphatic carbocycles. The zero-order valence-corrected chi connectivity index (χ0v) is 11.9. The van der Waals surface area contributed by atoms with Crippen LogP contribution in [-0.2, 0) is 20.6 Å². The van der Waals surface area contributed by atoms with E-state index in [4.69, 9.17) is 0 Å². The van der Waals surface area contributed by atoms with Crippen molar-refractivity contribution in [2.75, 3.05) is 13.1 Å². The van der Waals surface area contributed by atoms with Gasteiger partial charge in [0.25, 0.3) is 0 Å². The molecule has 2 aromatic heterocycles. The van der Waals surface area contributed by atoms with Gasteiger partial charge in [0.05, 0.1) is 12.2 Å². The molecule has 1 unspecified atom stereocenters. The van der Waals surface area contributed by atoms with Crippen LogP contribution in [0.5, 0.6) is 0 Å². The van der Waals surface area contributed by atoms with Crippen molar-refractivity contribution in [1.82, 2.24) is 29.4 Å². The third-order valence-electron chi connectivity index (χ3n) is 3.85. The molecule has 3 heterocycles. The normalized spacial score (nSPS) is 20.4. The zero-order chi connectivity index (χ0) is 14.1. The Morgan fingerprint density at radius 1 is 1.40 bits per heavy atom. The van der Waals surface area contributed by atoms with Crippen molar-refractivity contribution >= 4 is 0 Å². The Kier molecular flexibility index (Phi) is 3.43. The number of aryl methyl sites for hydroxylation is 2. The summed E-state index contributed by atoms with van der Waals surface area (Å²) in [5.74, 6) is 1.21. The first kappa shape index (κ1) is 13.1. The van der Waals surface area contributed by atoms with Gasteiger partial charge in [-0.25, -0.2) is 9.48 Å². The highest BCUT2D eigenvalue weighted by Gasteiger charge is 2.23. The van der Waals surface area contributed by atoms with E-state index in [0.29, 0.717) is 12.5 Å². The maximum Gasteiger partial charge on any atom is 0.343 e. The number of aromatic amines is 1. The van der Waals surface area contributed by atoms with E-state index in [-0.39, 0.29) is 5.69 Å². The van der Waals surface area contributed by atoms with E-state index in [9.17, 15) is 4.79 Å². The Morgan fingerprint density at radius 3 is 2.90 bits per heavy atom. The van der Waals surface area contributed by atoms with Gasteiger partial charge in [0, 0.05) is 32.8 Å². The molecule has 0 radical (unpaired) electrons. The number of hydrogen-bond acceptors (Lipinski definition) is 4. The molecule has 1 N–H and O–H groups in total. The molecular formula is C13H20N6O. The van der Waals surface area contributed by atoms with Gasteiger partial charge in [-0.3, -0.25) is 14.6 Å². The van der Waals surface area contributed by atoms with E-state index in [1.54, 1.807) is 7.05 Å². The number of piperidine rings is 1. The van der Waals surface area contributed by atoms with Crippen LogP contribution >= 0.6 is 0 Å². The summed E-state index contributed by atoms with van der Waals surface area (Å²) in [6.07, 6.45) is 4.31. The van der Waals surface area contributed by atoms with Gasteiger partial charge >= 0.3 is 5.69 Å². The molecule has 20 heavy (non-hydrogen) atoms. The first-order valence-corrected chi connectivity index (χ1v) is 6.96. The number of hydrogen-bond donors (Lipinski definition) is 1. The molecule has 7 heteroatoms. The van der Waals surface area contributed by atoms with Crippen molar-refractivity contribution in [3.8, 4) is 0 Å². The molecule has 0 saturated carbocycles. The first-order chi connectivity index (χ1) is 9.61. The summed E-state index contributed by atoms with van der Waals surface area (Å²) in [6, 6.07) is 2.09. The van der Waals surface area contributed by atoms with Crippen molar-refractivity contribution in [3.63, 3.8) is 0 Å². The number of likely N-dealkylation sites (tertiary alicyclic amines) is 1. The van der Waals surface area contributed by atoms with Crippen molar-refractivity contribution in [2.45, 2.75) is 25.3 Å². The molecule has 108 valence electrons. The molecule has 2 aromatic rings. The SMILES string of the molecule is Cn1ccc(C2CCCN(Cc3nn(C)c(=O)[nH]3)C2)n1. The molecule has 1 aliphatic heterocycles. The van der Waals surface area contributed by atoms with Crippen LogP contribution in [0.1, 0.15) is 30.3 Å². The highest BCUT2D eigenvalue weighted by atomic mass is 16.1. The molecule has 0 aromatic carbocycles. The third kappa shape index (κ3) is 2.67. The van der Waals surface area contributed by atoms with Gasteiger partial charge in [-0.05, 0) is 25.5 Å². The average Bonchev–Trinajstić information content (AvgIpc) is 2.97. The molecule has 1 fully saturated rings. The van der Waals surface area contributed by atoms with E-state index in [1.165, 1.54) is 11.1 Å². The Hall–Kier alpha value is -1.89. The van der Waals surface area contributed by atoms with E-state index < -0.39 is 0 Å². The molecule has 3 rings (SSSR count). The van der Waals surface area contributed by atoms with Gasteiger partial charge in [-0.15, -0.1) is 0 Å². The number of rotatable bonds is 3. The molecule has 0 spiro atoms. The highest BCUT2D eigenvalue weighted by Crippen LogP contribution is 2.25. The largest absolute Gasteiger partial charge is 0.343 e. The second-order valence-corrected chi connectivity index (χ2v) is 5.49. The van der Waals surface area contributed by atoms with Gasteiger partial charge in [-0.2, -0.15) is 10.2 Å². The summed E-state index contributed by atoms with van der Waals surface area (Å²) in [5.41, 5.74) is 1.00. The number of nitrogens with zero attached hydrogens (tertiary/aromatic N) is 5. The summed E-state index contributed by atoms with van der Waals surface area (Å²) in [5, 5.41) is 8.70. The topological polar surface area (TPSA) is 71.7 Å². The maximum atomic E-state index is 11.4. The van der Waals surface area contributed by atoms with Crippen LogP contribution in [0.3, 0.4) is 0 Å². The lowest BCUT2D eigenvalue weighted by Gasteiger charge is -2.31. The summed E-state index contributed by atoms with van der Waals surface area (Å²) in [6.45, 7) is 2.71. The van der Waals surface area contributed by atoms with Crippen molar-refractivity contribution in [1.29, 1.82) is 0 Å². The van der Waals surface area contributed by atoms with Gasteiger partial charge < -0.3 is 0 Å². The van der Waals surface area contributed by atoms with Crippen LogP contribution in [-0.4, -0.2) is 42.5 Å². The lowest BCUT2D eigenvalue weighted by molar-refractivity contribution is 0.194. The number of aromatic nitrogens is 5. The number of H-pyrrole nitrogens is 1. The molecule has 1 saturated heterocycles. The number of nitrogens with one attached hydrogen (secondary N) is 1. The summed E-state index contributed by atoms with van der Waals surface area (Å²) in [7, 11) is 3.61. The lowest BCUT2D eigenvalue weighted by Crippen LogP contribution is -2.34. The zero-order valence-electron chi connectivity index (χ0n) is 11.9. The quantitative estimate of drug-likeness (QED) is 0.870. The lowest BCUT2D eigenvalue weighted by atomic mass is 9.95. The molecule has 1 aliphatic rings. The van der Waals surface area contributed by atoms with Gasteiger partial charge in [0.15, 0.2) is 0 Å². The van der Waals surface area contributed by atoms with Gasteiger partial charge in [0.1, 0.15) is 5.82 Å². The van der Waals surface area contributed by atoms with E-state index in [1.807, 2.05) is 17.9 Å². The van der Waals surface area contributed by atoms with Crippen molar-refractivity contribution in [3.05, 3.63) is 34.3 Å². The monoisotopic (exact) mass is 276 g/mol. The van der Waals surface area contributed by atoms with Crippen LogP contribution in [0.25, 0.3) is 0 Å². The second kappa shape index (κ2) is 5.24. The van der Waals surface area contributed by atoms with Gasteiger partial charge in [0.2, 0.25) is 0 Å². The maximum absolute atomic E-state index is 11.4. The van der Waals surface area contributed by atoms with Crippen LogP contribution in [0.2, 0.25) is 0 Å². The predicted molar refractivity (Wildman–Crippen MR) is 74.3 cm³/mol. The summed E-state index contributed by atoms with van der Waals surface area (Å²) >= 11 is 0. The Bertz CT molecular complexity index is 639. The third-order valence-corrected chi connectivity index (χ3v) is 3.85. The Labute approximate surface area is 117 Å². The van der Waals surface area contributed by atoms with E-state index >= 15 is 0 Å². The minimum absolute atomic E-state index is 0.154. The second-order valence-electron chi connectivity index (χ2n) is 5.49. The molecular weight excluding hydrogens is 256 g/mol. The minimum Gasteiger partial charge on any atom is -0.295 e. The average molecular weight is 276 g/mol. The molecule has 0 amide bonds. The van der Waals surface area contributed by atoms with Crippen LogP contribution in [0, 0.1) is 0 Å². The summed E-state index contributed by atoms with van der Waals surface area (Å²) in [4.78, 5) is 16.5. The van der Waals surface area contributed by atoms with Crippen LogP contribution in [0.4, 0.5) is 0 Å². The molecule has 1 atom stereocenters.